The topological polar surface area (TPSA) is 58.6 Å². The fourth-order valence-electron chi connectivity index (χ4n) is 2.15. The Morgan fingerprint density at radius 2 is 1.95 bits per heavy atom. The van der Waals surface area contributed by atoms with Crippen molar-refractivity contribution in [1.29, 1.82) is 0 Å². The van der Waals surface area contributed by atoms with Crippen LogP contribution in [-0.4, -0.2) is 29.4 Å². The molecule has 0 bridgehead atoms. The van der Waals surface area contributed by atoms with Crippen LogP contribution in [0.4, 0.5) is 5.69 Å². The van der Waals surface area contributed by atoms with Gasteiger partial charge in [0.15, 0.2) is 0 Å². The molecule has 116 valence electrons. The van der Waals surface area contributed by atoms with Gasteiger partial charge < -0.3 is 15.0 Å². The second kappa shape index (κ2) is 6.47. The van der Waals surface area contributed by atoms with Crippen molar-refractivity contribution in [3.63, 3.8) is 0 Å². The third-order valence-corrected chi connectivity index (χ3v) is 3.56. The van der Waals surface area contributed by atoms with E-state index in [1.807, 2.05) is 18.2 Å². The molecule has 5 heteroatoms. The Morgan fingerprint density at radius 3 is 2.59 bits per heavy atom. The minimum atomic E-state index is -1.01. The van der Waals surface area contributed by atoms with Crippen LogP contribution >= 0.6 is 0 Å². The smallest absolute Gasteiger partial charge is 0.250 e. The molecule has 2 rings (SSSR count). The summed E-state index contributed by atoms with van der Waals surface area (Å²) in [5.41, 5.74) is -0.317. The summed E-state index contributed by atoms with van der Waals surface area (Å²) in [5, 5.41) is 2.83. The van der Waals surface area contributed by atoms with E-state index in [1.165, 1.54) is 4.90 Å². The first-order valence-corrected chi connectivity index (χ1v) is 7.06. The third kappa shape index (κ3) is 3.36. The molecule has 5 nitrogen and oxygen atoms in total. The van der Waals surface area contributed by atoms with Crippen molar-refractivity contribution in [3.8, 4) is 0 Å². The first-order valence-electron chi connectivity index (χ1n) is 7.06. The number of rotatable bonds is 4. The molecule has 1 aromatic carbocycles. The van der Waals surface area contributed by atoms with E-state index >= 15 is 0 Å². The molecule has 1 heterocycles. The molecule has 1 aliphatic rings. The number of methoxy groups -OCH3 is 1. The lowest BCUT2D eigenvalue weighted by atomic mass is 10.0. The van der Waals surface area contributed by atoms with E-state index in [0.717, 1.165) is 0 Å². The Labute approximate surface area is 130 Å². The zero-order valence-electron chi connectivity index (χ0n) is 13.0. The number of hydrogen-bond acceptors (Lipinski definition) is 3. The lowest BCUT2D eigenvalue weighted by Crippen LogP contribution is -2.52. The van der Waals surface area contributed by atoms with Gasteiger partial charge >= 0.3 is 0 Å². The number of carbonyl (C=O) groups excluding carboxylic acids is 2. The molecule has 0 saturated heterocycles. The predicted molar refractivity (Wildman–Crippen MR) is 84.8 cm³/mol. The van der Waals surface area contributed by atoms with Gasteiger partial charge in [-0.2, -0.15) is 0 Å². The average Bonchev–Trinajstić information content (AvgIpc) is 2.70. The molecular weight excluding hydrogens is 280 g/mol. The molecule has 1 aromatic rings. The quantitative estimate of drug-likeness (QED) is 0.930. The van der Waals surface area contributed by atoms with Gasteiger partial charge in [-0.3, -0.25) is 9.59 Å². The maximum atomic E-state index is 12.6. The summed E-state index contributed by atoms with van der Waals surface area (Å²) in [7, 11) is 1.55. The number of anilines is 1. The molecule has 0 aliphatic carbocycles. The Morgan fingerprint density at radius 1 is 1.27 bits per heavy atom. The summed E-state index contributed by atoms with van der Waals surface area (Å²) in [5.74, 6) is 0.198. The van der Waals surface area contributed by atoms with Gasteiger partial charge in [0, 0.05) is 18.3 Å². The minimum absolute atomic E-state index is 0.156. The third-order valence-electron chi connectivity index (χ3n) is 3.56. The first-order chi connectivity index (χ1) is 10.4. The number of ether oxygens (including phenoxy) is 1. The molecule has 1 N–H and O–H groups in total. The number of hydrogen-bond donors (Lipinski definition) is 1. The Kier molecular flexibility index (Phi) is 4.65. The van der Waals surface area contributed by atoms with E-state index in [2.05, 4.69) is 5.32 Å². The summed E-state index contributed by atoms with van der Waals surface area (Å²) in [4.78, 5) is 26.3. The zero-order chi connectivity index (χ0) is 16.2. The molecule has 2 amide bonds. The van der Waals surface area contributed by atoms with Crippen molar-refractivity contribution < 1.29 is 14.3 Å². The van der Waals surface area contributed by atoms with Crippen molar-refractivity contribution in [3.05, 3.63) is 54.4 Å². The molecule has 0 unspecified atom stereocenters. The monoisotopic (exact) mass is 300 g/mol. The number of para-hydroxylation sites is 1. The summed E-state index contributed by atoms with van der Waals surface area (Å²) in [6, 6.07) is 9.17. The van der Waals surface area contributed by atoms with Crippen LogP contribution in [0, 0.1) is 0 Å². The molecule has 0 aromatic heterocycles. The van der Waals surface area contributed by atoms with Gasteiger partial charge in [0.25, 0.3) is 0 Å². The van der Waals surface area contributed by atoms with Gasteiger partial charge in [0.1, 0.15) is 11.3 Å². The van der Waals surface area contributed by atoms with Gasteiger partial charge in [0.2, 0.25) is 11.8 Å². The largest absolute Gasteiger partial charge is 0.497 e. The van der Waals surface area contributed by atoms with E-state index in [0.29, 0.717) is 11.4 Å². The number of benzene rings is 1. The average molecular weight is 300 g/mol. The fourth-order valence-corrected chi connectivity index (χ4v) is 2.15. The summed E-state index contributed by atoms with van der Waals surface area (Å²) in [6.45, 7) is 3.43. The van der Waals surface area contributed by atoms with E-state index in [-0.39, 0.29) is 18.2 Å². The van der Waals surface area contributed by atoms with Crippen molar-refractivity contribution in [2.24, 2.45) is 0 Å². The fraction of sp³-hybridized carbons (Fsp3) is 0.294. The normalized spacial score (nSPS) is 15.1. The van der Waals surface area contributed by atoms with Crippen LogP contribution in [0.25, 0.3) is 0 Å². The second-order valence-corrected chi connectivity index (χ2v) is 5.47. The van der Waals surface area contributed by atoms with E-state index < -0.39 is 5.54 Å². The molecule has 0 spiro atoms. The maximum Gasteiger partial charge on any atom is 0.250 e. The highest BCUT2D eigenvalue weighted by Crippen LogP contribution is 2.22. The number of amides is 2. The summed E-state index contributed by atoms with van der Waals surface area (Å²) in [6.07, 6.45) is 5.17. The molecule has 1 aliphatic heterocycles. The van der Waals surface area contributed by atoms with Gasteiger partial charge in [0.05, 0.1) is 7.11 Å². The molecule has 0 fully saturated rings. The van der Waals surface area contributed by atoms with Crippen LogP contribution in [0.15, 0.2) is 54.4 Å². The second-order valence-electron chi connectivity index (χ2n) is 5.47. The maximum absolute atomic E-state index is 12.6. The molecular formula is C17H20N2O3. The first kappa shape index (κ1) is 15.8. The van der Waals surface area contributed by atoms with Crippen molar-refractivity contribution in [2.45, 2.75) is 25.8 Å². The predicted octanol–water partition coefficient (Wildman–Crippen LogP) is 2.68. The zero-order valence-corrected chi connectivity index (χ0v) is 13.0. The number of nitrogens with zero attached hydrogens (tertiary/aromatic N) is 1. The molecule has 0 radical (unpaired) electrons. The molecule has 0 atom stereocenters. The van der Waals surface area contributed by atoms with Gasteiger partial charge in [-0.05, 0) is 38.1 Å². The van der Waals surface area contributed by atoms with Crippen LogP contribution in [0.1, 0.15) is 20.3 Å². The molecule has 0 saturated carbocycles. The van der Waals surface area contributed by atoms with Crippen LogP contribution in [-0.2, 0) is 14.3 Å². The van der Waals surface area contributed by atoms with Crippen molar-refractivity contribution in [2.75, 3.05) is 12.4 Å². The van der Waals surface area contributed by atoms with Gasteiger partial charge in [-0.15, -0.1) is 0 Å². The van der Waals surface area contributed by atoms with Crippen LogP contribution in [0.2, 0.25) is 0 Å². The van der Waals surface area contributed by atoms with E-state index in [9.17, 15) is 9.59 Å². The highest BCUT2D eigenvalue weighted by Gasteiger charge is 2.37. The number of carbonyl (C=O) groups is 2. The lowest BCUT2D eigenvalue weighted by molar-refractivity contribution is -0.139. The SMILES string of the molecule is COC1=CCC(=O)N(C(C)(C)C(=O)Nc2ccccc2)C=C1. The standard InChI is InChI=1S/C17H20N2O3/c1-17(2,16(21)18-13-7-5-4-6-8-13)19-12-11-14(22-3)9-10-15(19)20/h4-9,11-12H,10H2,1-3H3,(H,18,21). The highest BCUT2D eigenvalue weighted by molar-refractivity contribution is 6.00. The Balaban J connectivity index is 2.18. The highest BCUT2D eigenvalue weighted by atomic mass is 16.5. The molecule has 22 heavy (non-hydrogen) atoms. The van der Waals surface area contributed by atoms with Crippen LogP contribution < -0.4 is 5.32 Å². The van der Waals surface area contributed by atoms with E-state index in [1.54, 1.807) is 51.4 Å². The lowest BCUT2D eigenvalue weighted by Gasteiger charge is -2.34. The van der Waals surface area contributed by atoms with Crippen LogP contribution in [0.3, 0.4) is 0 Å². The van der Waals surface area contributed by atoms with Crippen LogP contribution in [0.5, 0.6) is 0 Å². The number of nitrogens with one attached hydrogen (secondary N) is 1. The Hall–Kier alpha value is -2.56. The minimum Gasteiger partial charge on any atom is -0.497 e. The Bertz CT molecular complexity index is 618. The van der Waals surface area contributed by atoms with Gasteiger partial charge in [-0.25, -0.2) is 0 Å². The summed E-state index contributed by atoms with van der Waals surface area (Å²) >= 11 is 0. The van der Waals surface area contributed by atoms with Gasteiger partial charge in [-0.1, -0.05) is 18.2 Å². The van der Waals surface area contributed by atoms with Crippen molar-refractivity contribution >= 4 is 17.5 Å². The number of allylic oxidation sites excluding steroid dienone is 1. The van der Waals surface area contributed by atoms with E-state index in [4.69, 9.17) is 4.74 Å². The summed E-state index contributed by atoms with van der Waals surface area (Å²) < 4.78 is 5.13. The van der Waals surface area contributed by atoms with Crippen molar-refractivity contribution in [1.82, 2.24) is 4.90 Å².